The molecule has 2 aliphatic rings. The number of hydrogen-bond donors (Lipinski definition) is 1. The fourth-order valence-electron chi connectivity index (χ4n) is 2.73. The van der Waals surface area contributed by atoms with Crippen molar-refractivity contribution in [3.05, 3.63) is 29.8 Å². The Hall–Kier alpha value is -1.11. The molecule has 0 spiro atoms. The summed E-state index contributed by atoms with van der Waals surface area (Å²) in [6, 6.07) is 8.03. The maximum Gasteiger partial charge on any atom is 0.157 e. The molecule has 0 amide bonds. The van der Waals surface area contributed by atoms with E-state index in [1.54, 1.807) is 0 Å². The Balaban J connectivity index is 1.45. The number of piperazine rings is 1. The fourth-order valence-corrected chi connectivity index (χ4v) is 3.91. The first-order valence-electron chi connectivity index (χ1n) is 7.50. The third kappa shape index (κ3) is 4.18. The Morgan fingerprint density at radius 1 is 1.14 bits per heavy atom. The average Bonchev–Trinajstić information content (AvgIpc) is 2.46. The molecule has 2 heterocycles. The van der Waals surface area contributed by atoms with Gasteiger partial charge in [-0.2, -0.15) is 0 Å². The predicted octanol–water partition coefficient (Wildman–Crippen LogP) is 0.310. The van der Waals surface area contributed by atoms with Gasteiger partial charge in [0.15, 0.2) is 9.84 Å². The van der Waals surface area contributed by atoms with Crippen molar-refractivity contribution in [2.75, 3.05) is 44.2 Å². The molecule has 3 rings (SSSR count). The molecule has 2 aliphatic heterocycles. The molecule has 0 aliphatic carbocycles. The van der Waals surface area contributed by atoms with E-state index in [1.165, 1.54) is 5.56 Å². The van der Waals surface area contributed by atoms with E-state index in [-0.39, 0.29) is 17.6 Å². The van der Waals surface area contributed by atoms with E-state index in [9.17, 15) is 8.42 Å². The summed E-state index contributed by atoms with van der Waals surface area (Å²) in [4.78, 5) is 2.47. The minimum atomic E-state index is -2.82. The molecule has 1 N–H and O–H groups in total. The van der Waals surface area contributed by atoms with Crippen LogP contribution in [-0.2, 0) is 16.3 Å². The lowest BCUT2D eigenvalue weighted by Crippen LogP contribution is -2.45. The molecule has 5 nitrogen and oxygen atoms in total. The Labute approximate surface area is 126 Å². The summed E-state index contributed by atoms with van der Waals surface area (Å²) in [6.07, 6.45) is 0.875. The summed E-state index contributed by atoms with van der Waals surface area (Å²) in [5.41, 5.74) is 1.29. The SMILES string of the molecule is O=S1(=O)CC(Oc2ccc(CCN3CCNCC3)cc2)C1. The van der Waals surface area contributed by atoms with Crippen molar-refractivity contribution < 1.29 is 13.2 Å². The predicted molar refractivity (Wildman–Crippen MR) is 82.5 cm³/mol. The van der Waals surface area contributed by atoms with E-state index >= 15 is 0 Å². The number of nitrogens with zero attached hydrogens (tertiary/aromatic N) is 1. The topological polar surface area (TPSA) is 58.6 Å². The van der Waals surface area contributed by atoms with Gasteiger partial charge in [0.1, 0.15) is 11.9 Å². The van der Waals surface area contributed by atoms with E-state index < -0.39 is 9.84 Å². The number of hydrogen-bond acceptors (Lipinski definition) is 5. The van der Waals surface area contributed by atoms with Crippen LogP contribution in [0.4, 0.5) is 0 Å². The highest BCUT2D eigenvalue weighted by Gasteiger charge is 2.35. The highest BCUT2D eigenvalue weighted by Crippen LogP contribution is 2.20. The number of benzene rings is 1. The van der Waals surface area contributed by atoms with E-state index in [0.717, 1.165) is 44.9 Å². The van der Waals surface area contributed by atoms with Crippen LogP contribution in [0.5, 0.6) is 5.75 Å². The maximum absolute atomic E-state index is 11.1. The summed E-state index contributed by atoms with van der Waals surface area (Å²) in [6.45, 7) is 5.49. The first-order valence-corrected chi connectivity index (χ1v) is 9.32. The number of sulfone groups is 1. The molecule has 0 unspecified atom stereocenters. The normalized spacial score (nSPS) is 22.7. The molecule has 2 saturated heterocycles. The van der Waals surface area contributed by atoms with Gasteiger partial charge in [-0.3, -0.25) is 0 Å². The maximum atomic E-state index is 11.1. The lowest BCUT2D eigenvalue weighted by atomic mass is 10.1. The van der Waals surface area contributed by atoms with Gasteiger partial charge in [0, 0.05) is 32.7 Å². The molecule has 116 valence electrons. The van der Waals surface area contributed by atoms with Gasteiger partial charge in [0.25, 0.3) is 0 Å². The highest BCUT2D eigenvalue weighted by atomic mass is 32.2. The fraction of sp³-hybridized carbons (Fsp3) is 0.600. The molecule has 21 heavy (non-hydrogen) atoms. The summed E-state index contributed by atoms with van der Waals surface area (Å²) >= 11 is 0. The molecule has 6 heteroatoms. The monoisotopic (exact) mass is 310 g/mol. The molecular formula is C15H22N2O3S. The van der Waals surface area contributed by atoms with Crippen molar-refractivity contribution in [3.8, 4) is 5.75 Å². The zero-order chi connectivity index (χ0) is 14.7. The summed E-state index contributed by atoms with van der Waals surface area (Å²) < 4.78 is 27.8. The molecule has 0 saturated carbocycles. The van der Waals surface area contributed by atoms with Crippen LogP contribution in [-0.4, -0.2) is 63.7 Å². The molecule has 1 aromatic carbocycles. The van der Waals surface area contributed by atoms with Crippen molar-refractivity contribution in [1.29, 1.82) is 0 Å². The minimum absolute atomic E-state index is 0.151. The van der Waals surface area contributed by atoms with Crippen LogP contribution in [0, 0.1) is 0 Å². The third-order valence-electron chi connectivity index (χ3n) is 4.03. The van der Waals surface area contributed by atoms with Gasteiger partial charge in [-0.05, 0) is 24.1 Å². The molecule has 0 radical (unpaired) electrons. The van der Waals surface area contributed by atoms with Crippen LogP contribution in [0.25, 0.3) is 0 Å². The smallest absolute Gasteiger partial charge is 0.157 e. The van der Waals surface area contributed by atoms with E-state index in [4.69, 9.17) is 4.74 Å². The van der Waals surface area contributed by atoms with Gasteiger partial charge < -0.3 is 15.0 Å². The Morgan fingerprint density at radius 2 is 1.81 bits per heavy atom. The van der Waals surface area contributed by atoms with Crippen LogP contribution in [0.3, 0.4) is 0 Å². The van der Waals surface area contributed by atoms with Crippen LogP contribution < -0.4 is 10.1 Å². The molecule has 0 atom stereocenters. The Bertz CT molecular complexity index is 553. The number of nitrogens with one attached hydrogen (secondary N) is 1. The second kappa shape index (κ2) is 6.34. The van der Waals surface area contributed by atoms with Gasteiger partial charge >= 0.3 is 0 Å². The van der Waals surface area contributed by atoms with Crippen LogP contribution in [0.1, 0.15) is 5.56 Å². The summed E-state index contributed by atoms with van der Waals surface area (Å²) in [5, 5.41) is 3.35. The largest absolute Gasteiger partial charge is 0.488 e. The van der Waals surface area contributed by atoms with E-state index in [0.29, 0.717) is 0 Å². The lowest BCUT2D eigenvalue weighted by Gasteiger charge is -2.27. The van der Waals surface area contributed by atoms with Crippen molar-refractivity contribution in [1.82, 2.24) is 10.2 Å². The molecule has 0 bridgehead atoms. The standard InChI is InChI=1S/C15H22N2O3S/c18-21(19)11-15(12-21)20-14-3-1-13(2-4-14)5-8-17-9-6-16-7-10-17/h1-4,15-16H,5-12H2. The molecule has 1 aromatic rings. The second-order valence-electron chi connectivity index (χ2n) is 5.80. The van der Waals surface area contributed by atoms with Crippen molar-refractivity contribution in [3.63, 3.8) is 0 Å². The zero-order valence-corrected chi connectivity index (χ0v) is 12.9. The van der Waals surface area contributed by atoms with Gasteiger partial charge in [-0.15, -0.1) is 0 Å². The highest BCUT2D eigenvalue weighted by molar-refractivity contribution is 7.92. The van der Waals surface area contributed by atoms with Crippen LogP contribution in [0.15, 0.2) is 24.3 Å². The van der Waals surface area contributed by atoms with Crippen LogP contribution in [0.2, 0.25) is 0 Å². The quantitative estimate of drug-likeness (QED) is 0.848. The third-order valence-corrected chi connectivity index (χ3v) is 5.79. The first kappa shape index (κ1) is 14.8. The summed E-state index contributed by atoms with van der Waals surface area (Å²) in [7, 11) is -2.82. The molecule has 2 fully saturated rings. The van der Waals surface area contributed by atoms with E-state index in [2.05, 4.69) is 22.3 Å². The Kier molecular flexibility index (Phi) is 4.47. The Morgan fingerprint density at radius 3 is 2.43 bits per heavy atom. The van der Waals surface area contributed by atoms with Gasteiger partial charge in [-0.25, -0.2) is 8.42 Å². The zero-order valence-electron chi connectivity index (χ0n) is 12.1. The van der Waals surface area contributed by atoms with E-state index in [1.807, 2.05) is 12.1 Å². The molecule has 0 aromatic heterocycles. The van der Waals surface area contributed by atoms with Crippen LogP contribution >= 0.6 is 0 Å². The lowest BCUT2D eigenvalue weighted by molar-refractivity contribution is 0.230. The van der Waals surface area contributed by atoms with Gasteiger partial charge in [-0.1, -0.05) is 12.1 Å². The minimum Gasteiger partial charge on any atom is -0.488 e. The van der Waals surface area contributed by atoms with Gasteiger partial charge in [0.2, 0.25) is 0 Å². The van der Waals surface area contributed by atoms with Crippen molar-refractivity contribution in [2.45, 2.75) is 12.5 Å². The van der Waals surface area contributed by atoms with Gasteiger partial charge in [0.05, 0.1) is 11.5 Å². The first-order chi connectivity index (χ1) is 10.1. The number of rotatable bonds is 5. The average molecular weight is 310 g/mol. The molecular weight excluding hydrogens is 288 g/mol. The number of ether oxygens (including phenoxy) is 1. The summed E-state index contributed by atoms with van der Waals surface area (Å²) in [5.74, 6) is 1.07. The second-order valence-corrected chi connectivity index (χ2v) is 7.96. The van der Waals surface area contributed by atoms with Crippen molar-refractivity contribution in [2.24, 2.45) is 0 Å². The van der Waals surface area contributed by atoms with Crippen molar-refractivity contribution >= 4 is 9.84 Å².